The summed E-state index contributed by atoms with van der Waals surface area (Å²) in [6.07, 6.45) is 7.05. The highest BCUT2D eigenvalue weighted by atomic mass is 16.5. The molecule has 0 bridgehead atoms. The summed E-state index contributed by atoms with van der Waals surface area (Å²) in [6.45, 7) is 8.29. The second-order valence-electron chi connectivity index (χ2n) is 8.65. The summed E-state index contributed by atoms with van der Waals surface area (Å²) in [7, 11) is 0. The molecule has 170 valence electrons. The summed E-state index contributed by atoms with van der Waals surface area (Å²) >= 11 is 0. The maximum absolute atomic E-state index is 5.94. The lowest BCUT2D eigenvalue weighted by Gasteiger charge is -2.32. The fourth-order valence-corrected chi connectivity index (χ4v) is 4.12. The Labute approximate surface area is 194 Å². The van der Waals surface area contributed by atoms with Gasteiger partial charge in [0.05, 0.1) is 13.2 Å². The van der Waals surface area contributed by atoms with Crippen molar-refractivity contribution in [1.29, 1.82) is 0 Å². The van der Waals surface area contributed by atoms with Gasteiger partial charge in [0, 0.05) is 5.41 Å². The fraction of sp³-hybridized carbons (Fsp3) is 0.400. The van der Waals surface area contributed by atoms with E-state index in [1.165, 1.54) is 42.4 Å². The van der Waals surface area contributed by atoms with Crippen molar-refractivity contribution in [3.8, 4) is 11.5 Å². The van der Waals surface area contributed by atoms with Crippen LogP contribution in [0.2, 0.25) is 0 Å². The summed E-state index contributed by atoms with van der Waals surface area (Å²) in [4.78, 5) is 0. The van der Waals surface area contributed by atoms with Crippen LogP contribution >= 0.6 is 0 Å². The van der Waals surface area contributed by atoms with Gasteiger partial charge in [0.25, 0.3) is 0 Å². The average Bonchev–Trinajstić information content (AvgIpc) is 2.85. The first-order valence-electron chi connectivity index (χ1n) is 12.2. The summed E-state index contributed by atoms with van der Waals surface area (Å²) in [5.41, 5.74) is 3.51. The summed E-state index contributed by atoms with van der Waals surface area (Å²) in [6, 6.07) is 28.0. The molecule has 0 N–H and O–H groups in total. The fourth-order valence-electron chi connectivity index (χ4n) is 4.12. The molecule has 2 heteroatoms. The molecule has 0 unspecified atom stereocenters. The molecule has 3 rings (SSSR count). The monoisotopic (exact) mass is 430 g/mol. The van der Waals surface area contributed by atoms with E-state index in [1.54, 1.807) is 0 Å². The van der Waals surface area contributed by atoms with Crippen LogP contribution in [0.4, 0.5) is 0 Å². The molecule has 2 nitrogen and oxygen atoms in total. The van der Waals surface area contributed by atoms with Gasteiger partial charge in [-0.05, 0) is 60.7 Å². The Bertz CT molecular complexity index is 842. The van der Waals surface area contributed by atoms with E-state index in [2.05, 4.69) is 99.6 Å². The van der Waals surface area contributed by atoms with E-state index in [0.29, 0.717) is 0 Å². The van der Waals surface area contributed by atoms with E-state index in [0.717, 1.165) is 37.6 Å². The van der Waals surface area contributed by atoms with E-state index in [4.69, 9.17) is 9.47 Å². The van der Waals surface area contributed by atoms with Crippen LogP contribution in [0.3, 0.4) is 0 Å². The predicted molar refractivity (Wildman–Crippen MR) is 135 cm³/mol. The highest BCUT2D eigenvalue weighted by Crippen LogP contribution is 2.39. The molecule has 0 aliphatic heterocycles. The predicted octanol–water partition coefficient (Wildman–Crippen LogP) is 8.18. The van der Waals surface area contributed by atoms with Crippen LogP contribution in [-0.4, -0.2) is 13.2 Å². The molecule has 0 aromatic heterocycles. The van der Waals surface area contributed by atoms with Gasteiger partial charge in [-0.25, -0.2) is 0 Å². The Morgan fingerprint density at radius 2 is 0.938 bits per heavy atom. The SMILES string of the molecule is CCCCCOc1ccc(C(C)(c2ccccc2)c2ccc(OCCCCC)cc2)cc1. The van der Waals surface area contributed by atoms with Crippen LogP contribution < -0.4 is 9.47 Å². The molecule has 0 saturated heterocycles. The highest BCUT2D eigenvalue weighted by Gasteiger charge is 2.31. The van der Waals surface area contributed by atoms with Crippen LogP contribution in [0.1, 0.15) is 76.0 Å². The van der Waals surface area contributed by atoms with Gasteiger partial charge in [0.15, 0.2) is 0 Å². The molecule has 0 aliphatic rings. The molecular weight excluding hydrogens is 392 g/mol. The van der Waals surface area contributed by atoms with Gasteiger partial charge in [-0.2, -0.15) is 0 Å². The summed E-state index contributed by atoms with van der Waals surface area (Å²) in [5, 5.41) is 0. The number of hydrogen-bond acceptors (Lipinski definition) is 2. The van der Waals surface area contributed by atoms with Crippen LogP contribution in [-0.2, 0) is 5.41 Å². The van der Waals surface area contributed by atoms with Gasteiger partial charge in [-0.1, -0.05) is 94.1 Å². The minimum atomic E-state index is -0.261. The number of benzene rings is 3. The van der Waals surface area contributed by atoms with E-state index in [1.807, 2.05) is 0 Å². The largest absolute Gasteiger partial charge is 0.494 e. The second kappa shape index (κ2) is 12.3. The lowest BCUT2D eigenvalue weighted by atomic mass is 9.71. The Hall–Kier alpha value is -2.74. The van der Waals surface area contributed by atoms with E-state index < -0.39 is 0 Å². The van der Waals surface area contributed by atoms with Crippen molar-refractivity contribution in [1.82, 2.24) is 0 Å². The Morgan fingerprint density at radius 1 is 0.531 bits per heavy atom. The first-order valence-corrected chi connectivity index (χ1v) is 12.2. The molecule has 0 radical (unpaired) electrons. The Morgan fingerprint density at radius 3 is 1.34 bits per heavy atom. The quantitative estimate of drug-likeness (QED) is 0.201. The van der Waals surface area contributed by atoms with Gasteiger partial charge in [0.1, 0.15) is 11.5 Å². The molecular formula is C30H38O2. The smallest absolute Gasteiger partial charge is 0.119 e. The maximum Gasteiger partial charge on any atom is 0.119 e. The molecule has 0 atom stereocenters. The molecule has 0 heterocycles. The summed E-state index contributed by atoms with van der Waals surface area (Å²) < 4.78 is 11.9. The Kier molecular flexibility index (Phi) is 9.22. The van der Waals surface area contributed by atoms with Gasteiger partial charge < -0.3 is 9.47 Å². The molecule has 0 saturated carbocycles. The normalized spacial score (nSPS) is 11.3. The molecule has 3 aromatic rings. The van der Waals surface area contributed by atoms with Gasteiger partial charge >= 0.3 is 0 Å². The van der Waals surface area contributed by atoms with E-state index in [9.17, 15) is 0 Å². The lowest BCUT2D eigenvalue weighted by molar-refractivity contribution is 0.306. The first kappa shape index (κ1) is 23.9. The number of hydrogen-bond donors (Lipinski definition) is 0. The topological polar surface area (TPSA) is 18.5 Å². The minimum absolute atomic E-state index is 0.261. The van der Waals surface area contributed by atoms with Crippen molar-refractivity contribution in [2.24, 2.45) is 0 Å². The van der Waals surface area contributed by atoms with Crippen molar-refractivity contribution >= 4 is 0 Å². The molecule has 0 fully saturated rings. The zero-order valence-corrected chi connectivity index (χ0v) is 20.0. The minimum Gasteiger partial charge on any atom is -0.494 e. The standard InChI is InChI=1S/C30H38O2/c1-4-6-11-23-31-28-19-15-26(16-20-28)30(3,25-13-9-8-10-14-25)27-17-21-29(22-18-27)32-24-12-7-5-2/h8-10,13-22H,4-7,11-12,23-24H2,1-3H3. The molecule has 3 aromatic carbocycles. The second-order valence-corrected chi connectivity index (χ2v) is 8.65. The highest BCUT2D eigenvalue weighted by molar-refractivity contribution is 5.51. The zero-order chi connectivity index (χ0) is 22.7. The molecule has 32 heavy (non-hydrogen) atoms. The van der Waals surface area contributed by atoms with Gasteiger partial charge in [-0.15, -0.1) is 0 Å². The lowest BCUT2D eigenvalue weighted by Crippen LogP contribution is -2.25. The number of unbranched alkanes of at least 4 members (excludes halogenated alkanes) is 4. The summed E-state index contributed by atoms with van der Waals surface area (Å²) in [5.74, 6) is 1.88. The zero-order valence-electron chi connectivity index (χ0n) is 20.0. The van der Waals surface area contributed by atoms with Crippen LogP contribution in [0.5, 0.6) is 11.5 Å². The number of rotatable bonds is 13. The van der Waals surface area contributed by atoms with Crippen molar-refractivity contribution < 1.29 is 9.47 Å². The molecule has 0 amide bonds. The Balaban J connectivity index is 1.83. The van der Waals surface area contributed by atoms with Crippen LogP contribution in [0.15, 0.2) is 78.9 Å². The average molecular weight is 431 g/mol. The third-order valence-electron chi connectivity index (χ3n) is 6.25. The van der Waals surface area contributed by atoms with Gasteiger partial charge in [0.2, 0.25) is 0 Å². The molecule has 0 spiro atoms. The third-order valence-corrected chi connectivity index (χ3v) is 6.25. The van der Waals surface area contributed by atoms with Crippen molar-refractivity contribution in [3.05, 3.63) is 95.6 Å². The van der Waals surface area contributed by atoms with E-state index >= 15 is 0 Å². The van der Waals surface area contributed by atoms with Crippen molar-refractivity contribution in [2.75, 3.05) is 13.2 Å². The van der Waals surface area contributed by atoms with Crippen LogP contribution in [0.25, 0.3) is 0 Å². The number of ether oxygens (including phenoxy) is 2. The van der Waals surface area contributed by atoms with Crippen molar-refractivity contribution in [3.63, 3.8) is 0 Å². The third kappa shape index (κ3) is 6.16. The van der Waals surface area contributed by atoms with Crippen molar-refractivity contribution in [2.45, 2.75) is 64.7 Å². The molecule has 0 aliphatic carbocycles. The maximum atomic E-state index is 5.94. The van der Waals surface area contributed by atoms with Crippen LogP contribution in [0, 0.1) is 0 Å². The van der Waals surface area contributed by atoms with E-state index in [-0.39, 0.29) is 5.41 Å². The first-order chi connectivity index (χ1) is 15.7. The van der Waals surface area contributed by atoms with Gasteiger partial charge in [-0.3, -0.25) is 0 Å².